The van der Waals surface area contributed by atoms with Gasteiger partial charge in [-0.25, -0.2) is 4.98 Å². The van der Waals surface area contributed by atoms with Crippen molar-refractivity contribution in [1.29, 1.82) is 0 Å². The number of pyridine rings is 1. The molecule has 126 valence electrons. The van der Waals surface area contributed by atoms with Crippen LogP contribution < -0.4 is 10.6 Å². The fourth-order valence-corrected chi connectivity index (χ4v) is 2.33. The Morgan fingerprint density at radius 3 is 2.33 bits per heavy atom. The lowest BCUT2D eigenvalue weighted by Crippen LogP contribution is -2.47. The molecule has 0 aliphatic heterocycles. The minimum Gasteiger partial charge on any atom is -0.340 e. The number of hydrogen-bond acceptors (Lipinski definition) is 3. The van der Waals surface area contributed by atoms with Crippen LogP contribution in [0.1, 0.15) is 35.3 Å². The third kappa shape index (κ3) is 4.41. The second-order valence-electron chi connectivity index (χ2n) is 6.22. The average Bonchev–Trinajstić information content (AvgIpc) is 2.54. The fourth-order valence-electron chi connectivity index (χ4n) is 2.33. The molecule has 24 heavy (non-hydrogen) atoms. The largest absolute Gasteiger partial charge is 0.340 e. The highest BCUT2D eigenvalue weighted by molar-refractivity contribution is 6.01. The molecule has 1 heterocycles. The monoisotopic (exact) mass is 325 g/mol. The minimum atomic E-state index is -0.639. The summed E-state index contributed by atoms with van der Waals surface area (Å²) in [4.78, 5) is 29.2. The number of nitrogens with zero attached hydrogens (tertiary/aromatic N) is 1. The van der Waals surface area contributed by atoms with Crippen LogP contribution in [0.4, 0.5) is 5.82 Å². The van der Waals surface area contributed by atoms with Crippen LogP contribution in [0.3, 0.4) is 0 Å². The Morgan fingerprint density at radius 2 is 1.75 bits per heavy atom. The summed E-state index contributed by atoms with van der Waals surface area (Å²) >= 11 is 0. The molecular formula is C19H23N3O2. The van der Waals surface area contributed by atoms with Gasteiger partial charge in [-0.1, -0.05) is 38.1 Å². The Kier molecular flexibility index (Phi) is 5.68. The normalized spacial score (nSPS) is 11.9. The predicted octanol–water partition coefficient (Wildman–Crippen LogP) is 3.09. The van der Waals surface area contributed by atoms with E-state index in [1.807, 2.05) is 52.0 Å². The second kappa shape index (κ2) is 7.73. The number of anilines is 1. The van der Waals surface area contributed by atoms with Crippen LogP contribution >= 0.6 is 0 Å². The van der Waals surface area contributed by atoms with Gasteiger partial charge in [-0.2, -0.15) is 0 Å². The Labute approximate surface area is 142 Å². The number of nitrogens with one attached hydrogen (secondary N) is 2. The molecule has 0 saturated heterocycles. The highest BCUT2D eigenvalue weighted by Crippen LogP contribution is 2.11. The van der Waals surface area contributed by atoms with Gasteiger partial charge in [0.1, 0.15) is 11.9 Å². The molecule has 5 nitrogen and oxygen atoms in total. The molecule has 2 amide bonds. The van der Waals surface area contributed by atoms with Gasteiger partial charge < -0.3 is 10.6 Å². The molecule has 1 atom stereocenters. The third-order valence-corrected chi connectivity index (χ3v) is 3.79. The van der Waals surface area contributed by atoms with Crippen LogP contribution in [0.2, 0.25) is 0 Å². The molecule has 2 rings (SSSR count). The first-order chi connectivity index (χ1) is 11.4. The standard InChI is InChI=1S/C19H23N3O2/c1-12(2)17(19(24)21-16-10-9-13(3)11-20-16)22-18(23)15-8-6-5-7-14(15)4/h5-12,17H,1-4H3,(H,22,23)(H,20,21,24). The molecule has 0 fully saturated rings. The van der Waals surface area contributed by atoms with Gasteiger partial charge in [0.25, 0.3) is 5.91 Å². The van der Waals surface area contributed by atoms with E-state index >= 15 is 0 Å². The fraction of sp³-hybridized carbons (Fsp3) is 0.316. The lowest BCUT2D eigenvalue weighted by Gasteiger charge is -2.22. The summed E-state index contributed by atoms with van der Waals surface area (Å²) in [7, 11) is 0. The van der Waals surface area contributed by atoms with E-state index in [9.17, 15) is 9.59 Å². The molecule has 0 radical (unpaired) electrons. The number of amides is 2. The van der Waals surface area contributed by atoms with Crippen LogP contribution in [0.5, 0.6) is 0 Å². The third-order valence-electron chi connectivity index (χ3n) is 3.79. The van der Waals surface area contributed by atoms with Gasteiger partial charge in [0.2, 0.25) is 5.91 Å². The molecule has 0 aliphatic carbocycles. The first kappa shape index (κ1) is 17.7. The lowest BCUT2D eigenvalue weighted by molar-refractivity contribution is -0.118. The summed E-state index contributed by atoms with van der Waals surface area (Å²) < 4.78 is 0. The maximum atomic E-state index is 12.5. The van der Waals surface area contributed by atoms with Crippen molar-refractivity contribution < 1.29 is 9.59 Å². The Hall–Kier alpha value is -2.69. The molecule has 2 aromatic rings. The highest BCUT2D eigenvalue weighted by Gasteiger charge is 2.25. The summed E-state index contributed by atoms with van der Waals surface area (Å²) in [5, 5.41) is 5.58. The van der Waals surface area contributed by atoms with Crippen LogP contribution in [0.15, 0.2) is 42.6 Å². The first-order valence-corrected chi connectivity index (χ1v) is 7.98. The minimum absolute atomic E-state index is 0.0524. The summed E-state index contributed by atoms with van der Waals surface area (Å²) in [6, 6.07) is 10.3. The average molecular weight is 325 g/mol. The number of benzene rings is 1. The SMILES string of the molecule is Cc1ccc(NC(=O)C(NC(=O)c2ccccc2C)C(C)C)nc1. The number of rotatable bonds is 5. The van der Waals surface area contributed by atoms with E-state index in [1.54, 1.807) is 18.3 Å². The van der Waals surface area contributed by atoms with Crippen molar-refractivity contribution in [2.75, 3.05) is 5.32 Å². The molecule has 1 aromatic carbocycles. The molecule has 1 unspecified atom stereocenters. The Bertz CT molecular complexity index is 724. The zero-order valence-electron chi connectivity index (χ0n) is 14.5. The molecule has 0 aliphatic rings. The topological polar surface area (TPSA) is 71.1 Å². The van der Waals surface area contributed by atoms with E-state index in [0.29, 0.717) is 11.4 Å². The van der Waals surface area contributed by atoms with E-state index in [1.165, 1.54) is 0 Å². The van der Waals surface area contributed by atoms with Gasteiger partial charge in [0.15, 0.2) is 0 Å². The van der Waals surface area contributed by atoms with Crippen molar-refractivity contribution in [3.05, 3.63) is 59.3 Å². The van der Waals surface area contributed by atoms with Gasteiger partial charge in [0.05, 0.1) is 0 Å². The van der Waals surface area contributed by atoms with Gasteiger partial charge in [-0.15, -0.1) is 0 Å². The van der Waals surface area contributed by atoms with Crippen molar-refractivity contribution in [3.63, 3.8) is 0 Å². The van der Waals surface area contributed by atoms with Gasteiger partial charge >= 0.3 is 0 Å². The first-order valence-electron chi connectivity index (χ1n) is 7.98. The predicted molar refractivity (Wildman–Crippen MR) is 94.9 cm³/mol. The molecule has 0 spiro atoms. The molecule has 1 aromatic heterocycles. The molecule has 2 N–H and O–H groups in total. The molecule has 0 saturated carbocycles. The van der Waals surface area contributed by atoms with Crippen molar-refractivity contribution >= 4 is 17.6 Å². The maximum absolute atomic E-state index is 12.5. The van der Waals surface area contributed by atoms with Crippen molar-refractivity contribution in [2.24, 2.45) is 5.92 Å². The summed E-state index contributed by atoms with van der Waals surface area (Å²) in [6.07, 6.45) is 1.69. The van der Waals surface area contributed by atoms with E-state index in [0.717, 1.165) is 11.1 Å². The molecule has 0 bridgehead atoms. The van der Waals surface area contributed by atoms with Crippen molar-refractivity contribution in [3.8, 4) is 0 Å². The van der Waals surface area contributed by atoms with E-state index in [4.69, 9.17) is 0 Å². The van der Waals surface area contributed by atoms with E-state index in [-0.39, 0.29) is 17.7 Å². The zero-order chi connectivity index (χ0) is 17.7. The van der Waals surface area contributed by atoms with Gasteiger partial charge in [-0.3, -0.25) is 9.59 Å². The van der Waals surface area contributed by atoms with Crippen molar-refractivity contribution in [1.82, 2.24) is 10.3 Å². The maximum Gasteiger partial charge on any atom is 0.252 e. The lowest BCUT2D eigenvalue weighted by atomic mass is 10.0. The van der Waals surface area contributed by atoms with E-state index in [2.05, 4.69) is 15.6 Å². The smallest absolute Gasteiger partial charge is 0.252 e. The highest BCUT2D eigenvalue weighted by atomic mass is 16.2. The van der Waals surface area contributed by atoms with Crippen LogP contribution in [-0.4, -0.2) is 22.8 Å². The van der Waals surface area contributed by atoms with Crippen LogP contribution in [0, 0.1) is 19.8 Å². The van der Waals surface area contributed by atoms with Gasteiger partial charge in [0, 0.05) is 11.8 Å². The number of aromatic nitrogens is 1. The van der Waals surface area contributed by atoms with Crippen LogP contribution in [0.25, 0.3) is 0 Å². The molecular weight excluding hydrogens is 302 g/mol. The number of carbonyl (C=O) groups is 2. The summed E-state index contributed by atoms with van der Waals surface area (Å²) in [6.45, 7) is 7.59. The number of carbonyl (C=O) groups excluding carboxylic acids is 2. The second-order valence-corrected chi connectivity index (χ2v) is 6.22. The molecule has 5 heteroatoms. The number of aryl methyl sites for hydroxylation is 2. The zero-order valence-corrected chi connectivity index (χ0v) is 14.5. The summed E-state index contributed by atoms with van der Waals surface area (Å²) in [5.74, 6) is -0.105. The quantitative estimate of drug-likeness (QED) is 0.887. The van der Waals surface area contributed by atoms with Crippen LogP contribution in [-0.2, 0) is 4.79 Å². The number of hydrogen-bond donors (Lipinski definition) is 2. The Balaban J connectivity index is 2.11. The van der Waals surface area contributed by atoms with Gasteiger partial charge in [-0.05, 0) is 43.0 Å². The summed E-state index contributed by atoms with van der Waals surface area (Å²) in [5.41, 5.74) is 2.46. The Morgan fingerprint density at radius 1 is 1.04 bits per heavy atom. The van der Waals surface area contributed by atoms with E-state index < -0.39 is 6.04 Å². The van der Waals surface area contributed by atoms with Crippen molar-refractivity contribution in [2.45, 2.75) is 33.7 Å².